The molecule has 0 spiro atoms. The number of hydrogen-bond acceptors (Lipinski definition) is 4. The van der Waals surface area contributed by atoms with Gasteiger partial charge < -0.3 is 9.47 Å². The second kappa shape index (κ2) is 6.44. The van der Waals surface area contributed by atoms with E-state index < -0.39 is 17.7 Å². The fraction of sp³-hybridized carbons (Fsp3) is 0.444. The first-order chi connectivity index (χ1) is 10.7. The molecule has 1 aliphatic heterocycles. The maximum Gasteiger partial charge on any atom is 0.415 e. The van der Waals surface area contributed by atoms with E-state index in [9.17, 15) is 9.59 Å². The SMILES string of the molecule is COC(=O)C1=C(C)C[C@H](c2ccccc2)N1C(=O)OC(C)(C)C. The first kappa shape index (κ1) is 17.1. The maximum absolute atomic E-state index is 12.7. The van der Waals surface area contributed by atoms with Crippen molar-refractivity contribution in [1.29, 1.82) is 0 Å². The van der Waals surface area contributed by atoms with E-state index in [-0.39, 0.29) is 11.7 Å². The molecule has 1 aliphatic rings. The Morgan fingerprint density at radius 1 is 1.17 bits per heavy atom. The third-order valence-electron chi connectivity index (χ3n) is 3.61. The normalized spacial score (nSPS) is 18.1. The first-order valence-corrected chi connectivity index (χ1v) is 7.60. The van der Waals surface area contributed by atoms with Crippen molar-refractivity contribution in [3.8, 4) is 0 Å². The van der Waals surface area contributed by atoms with Crippen LogP contribution in [0.5, 0.6) is 0 Å². The van der Waals surface area contributed by atoms with Crippen molar-refractivity contribution in [2.45, 2.75) is 45.8 Å². The van der Waals surface area contributed by atoms with E-state index >= 15 is 0 Å². The third kappa shape index (κ3) is 3.73. The van der Waals surface area contributed by atoms with Gasteiger partial charge in [-0.3, -0.25) is 4.90 Å². The summed E-state index contributed by atoms with van der Waals surface area (Å²) in [5.74, 6) is -0.521. The molecule has 124 valence electrons. The number of nitrogens with zero attached hydrogens (tertiary/aromatic N) is 1. The van der Waals surface area contributed by atoms with E-state index in [0.29, 0.717) is 6.42 Å². The molecule has 0 saturated carbocycles. The van der Waals surface area contributed by atoms with E-state index in [2.05, 4.69) is 0 Å². The molecule has 0 saturated heterocycles. The van der Waals surface area contributed by atoms with Gasteiger partial charge in [0.1, 0.15) is 11.3 Å². The van der Waals surface area contributed by atoms with E-state index in [1.165, 1.54) is 12.0 Å². The topological polar surface area (TPSA) is 55.8 Å². The second-order valence-corrected chi connectivity index (χ2v) is 6.60. The van der Waals surface area contributed by atoms with Crippen LogP contribution in [0.1, 0.15) is 45.7 Å². The van der Waals surface area contributed by atoms with Crippen LogP contribution in [0.25, 0.3) is 0 Å². The number of amides is 1. The average Bonchev–Trinajstić information content (AvgIpc) is 2.83. The number of carbonyl (C=O) groups is 2. The fourth-order valence-corrected chi connectivity index (χ4v) is 2.68. The van der Waals surface area contributed by atoms with Gasteiger partial charge in [-0.1, -0.05) is 30.3 Å². The van der Waals surface area contributed by atoms with E-state index in [4.69, 9.17) is 9.47 Å². The first-order valence-electron chi connectivity index (χ1n) is 7.60. The lowest BCUT2D eigenvalue weighted by Gasteiger charge is -2.30. The van der Waals surface area contributed by atoms with Gasteiger partial charge in [0.2, 0.25) is 0 Å². The molecule has 1 heterocycles. The van der Waals surface area contributed by atoms with Gasteiger partial charge in [0.15, 0.2) is 0 Å². The molecule has 0 aliphatic carbocycles. The lowest BCUT2D eigenvalue weighted by atomic mass is 10.0. The quantitative estimate of drug-likeness (QED) is 0.778. The van der Waals surface area contributed by atoms with Crippen LogP contribution in [0.2, 0.25) is 0 Å². The van der Waals surface area contributed by atoms with Crippen LogP contribution in [0.3, 0.4) is 0 Å². The van der Waals surface area contributed by atoms with Crippen LogP contribution in [0.4, 0.5) is 4.79 Å². The summed E-state index contributed by atoms with van der Waals surface area (Å²) in [4.78, 5) is 26.3. The van der Waals surface area contributed by atoms with Gasteiger partial charge in [0, 0.05) is 0 Å². The Balaban J connectivity index is 2.42. The number of rotatable bonds is 2. The Bertz CT molecular complexity index is 628. The van der Waals surface area contributed by atoms with Gasteiger partial charge in [0.25, 0.3) is 0 Å². The Morgan fingerprint density at radius 3 is 2.30 bits per heavy atom. The van der Waals surface area contributed by atoms with Crippen molar-refractivity contribution < 1.29 is 19.1 Å². The zero-order valence-electron chi connectivity index (χ0n) is 14.3. The minimum atomic E-state index is -0.643. The van der Waals surface area contributed by atoms with Crippen LogP contribution < -0.4 is 0 Å². The Hall–Kier alpha value is -2.30. The zero-order chi connectivity index (χ0) is 17.2. The third-order valence-corrected chi connectivity index (χ3v) is 3.61. The van der Waals surface area contributed by atoms with Crippen molar-refractivity contribution in [3.05, 3.63) is 47.2 Å². The minimum Gasteiger partial charge on any atom is -0.464 e. The number of ether oxygens (including phenoxy) is 2. The van der Waals surface area contributed by atoms with E-state index in [1.807, 2.05) is 37.3 Å². The number of hydrogen-bond donors (Lipinski definition) is 0. The van der Waals surface area contributed by atoms with E-state index in [1.54, 1.807) is 20.8 Å². The summed E-state index contributed by atoms with van der Waals surface area (Å²) >= 11 is 0. The summed E-state index contributed by atoms with van der Waals surface area (Å²) in [6, 6.07) is 9.35. The molecule has 0 aromatic heterocycles. The Kier molecular flexibility index (Phi) is 4.78. The van der Waals surface area contributed by atoms with Gasteiger partial charge in [-0.15, -0.1) is 0 Å². The summed E-state index contributed by atoms with van der Waals surface area (Å²) in [5, 5.41) is 0. The summed E-state index contributed by atoms with van der Waals surface area (Å²) in [6.07, 6.45) is 0.0387. The highest BCUT2D eigenvalue weighted by molar-refractivity contribution is 5.94. The minimum absolute atomic E-state index is 0.264. The van der Waals surface area contributed by atoms with Crippen molar-refractivity contribution in [2.24, 2.45) is 0 Å². The number of methoxy groups -OCH3 is 1. The molecule has 23 heavy (non-hydrogen) atoms. The molecule has 0 fully saturated rings. The van der Waals surface area contributed by atoms with Crippen LogP contribution in [0, 0.1) is 0 Å². The molecule has 1 aromatic rings. The highest BCUT2D eigenvalue weighted by Crippen LogP contribution is 2.40. The van der Waals surface area contributed by atoms with Crippen molar-refractivity contribution in [3.63, 3.8) is 0 Å². The fourth-order valence-electron chi connectivity index (χ4n) is 2.68. The van der Waals surface area contributed by atoms with Gasteiger partial charge in [-0.2, -0.15) is 0 Å². The maximum atomic E-state index is 12.7. The summed E-state index contributed by atoms with van der Waals surface area (Å²) in [6.45, 7) is 7.24. The number of carbonyl (C=O) groups excluding carboxylic acids is 2. The lowest BCUT2D eigenvalue weighted by molar-refractivity contribution is -0.138. The molecule has 5 nitrogen and oxygen atoms in total. The van der Waals surface area contributed by atoms with Gasteiger partial charge >= 0.3 is 12.1 Å². The average molecular weight is 317 g/mol. The summed E-state index contributed by atoms with van der Waals surface area (Å²) in [5.41, 5.74) is 1.40. The molecule has 1 atom stereocenters. The summed E-state index contributed by atoms with van der Waals surface area (Å²) < 4.78 is 10.3. The molecular weight excluding hydrogens is 294 g/mol. The lowest BCUT2D eigenvalue weighted by Crippen LogP contribution is -2.38. The molecule has 0 N–H and O–H groups in total. The van der Waals surface area contributed by atoms with Crippen LogP contribution in [-0.2, 0) is 14.3 Å². The number of benzene rings is 1. The van der Waals surface area contributed by atoms with Crippen molar-refractivity contribution in [1.82, 2.24) is 4.90 Å². The molecule has 2 rings (SSSR count). The van der Waals surface area contributed by atoms with Gasteiger partial charge in [-0.05, 0) is 45.3 Å². The number of esters is 1. The molecule has 5 heteroatoms. The molecule has 0 radical (unpaired) electrons. The monoisotopic (exact) mass is 317 g/mol. The second-order valence-electron chi connectivity index (χ2n) is 6.60. The smallest absolute Gasteiger partial charge is 0.415 e. The Morgan fingerprint density at radius 2 is 1.78 bits per heavy atom. The van der Waals surface area contributed by atoms with Gasteiger partial charge in [0.05, 0.1) is 13.2 Å². The molecule has 1 aromatic carbocycles. The van der Waals surface area contributed by atoms with Gasteiger partial charge in [-0.25, -0.2) is 9.59 Å². The molecule has 1 amide bonds. The standard InChI is InChI=1S/C18H23NO4/c1-12-11-14(13-9-7-6-8-10-13)19(15(12)16(20)22-5)17(21)23-18(2,3)4/h6-10,14H,11H2,1-5H3/t14-/m1/s1. The zero-order valence-corrected chi connectivity index (χ0v) is 14.3. The predicted octanol–water partition coefficient (Wildman–Crippen LogP) is 3.82. The predicted molar refractivity (Wildman–Crippen MR) is 86.6 cm³/mol. The van der Waals surface area contributed by atoms with Crippen molar-refractivity contribution >= 4 is 12.1 Å². The van der Waals surface area contributed by atoms with Crippen LogP contribution >= 0.6 is 0 Å². The molecule has 0 bridgehead atoms. The largest absolute Gasteiger partial charge is 0.464 e. The molecule has 0 unspecified atom stereocenters. The van der Waals surface area contributed by atoms with Crippen LogP contribution in [0.15, 0.2) is 41.6 Å². The van der Waals surface area contributed by atoms with Crippen LogP contribution in [-0.4, -0.2) is 29.7 Å². The van der Waals surface area contributed by atoms with E-state index in [0.717, 1.165) is 11.1 Å². The highest BCUT2D eigenvalue weighted by Gasteiger charge is 2.41. The molecular formula is C18H23NO4. The Labute approximate surface area is 136 Å². The van der Waals surface area contributed by atoms with Crippen molar-refractivity contribution in [2.75, 3.05) is 7.11 Å². The highest BCUT2D eigenvalue weighted by atomic mass is 16.6. The summed E-state index contributed by atoms with van der Waals surface area (Å²) in [7, 11) is 1.31.